The number of nitrogens with two attached hydrogens (primary N) is 1. The predicted molar refractivity (Wildman–Crippen MR) is 93.6 cm³/mol. The number of ether oxygens (including phenoxy) is 1. The third kappa shape index (κ3) is 6.69. The quantitative estimate of drug-likeness (QED) is 0.411. The van der Waals surface area contributed by atoms with Crippen molar-refractivity contribution in [1.29, 1.82) is 0 Å². The second-order valence-corrected chi connectivity index (χ2v) is 6.35. The molecule has 1 aromatic carbocycles. The Morgan fingerprint density at radius 3 is 2.32 bits per heavy atom. The van der Waals surface area contributed by atoms with Crippen LogP contribution in [0.1, 0.15) is 68.6 Å². The minimum Gasteiger partial charge on any atom is -0.493 e. The molecule has 0 aromatic heterocycles. The van der Waals surface area contributed by atoms with Crippen LogP contribution in [0, 0.1) is 0 Å². The van der Waals surface area contributed by atoms with Gasteiger partial charge in [-0.2, -0.15) is 0 Å². The van der Waals surface area contributed by atoms with Crippen LogP contribution in [0.25, 0.3) is 0 Å². The normalized spacial score (nSPS) is 10.6. The Bertz CT molecular complexity index is 477. The second-order valence-electron chi connectivity index (χ2n) is 5.50. The van der Waals surface area contributed by atoms with Gasteiger partial charge in [0.2, 0.25) is 0 Å². The summed E-state index contributed by atoms with van der Waals surface area (Å²) >= 11 is 3.23. The van der Waals surface area contributed by atoms with E-state index in [4.69, 9.17) is 10.5 Å². The van der Waals surface area contributed by atoms with Crippen molar-refractivity contribution < 1.29 is 14.6 Å². The fourth-order valence-corrected chi connectivity index (χ4v) is 2.62. The first-order valence-electron chi connectivity index (χ1n) is 8.01. The average molecular weight is 372 g/mol. The molecule has 22 heavy (non-hydrogen) atoms. The van der Waals surface area contributed by atoms with Gasteiger partial charge in [0.15, 0.2) is 0 Å². The number of carboxylic acids is 1. The number of carboxylic acid groups (broad SMARTS) is 1. The monoisotopic (exact) mass is 371 g/mol. The molecule has 0 amide bonds. The number of aromatic carboxylic acids is 1. The first kappa shape index (κ1) is 18.8. The summed E-state index contributed by atoms with van der Waals surface area (Å²) in [5.41, 5.74) is 6.40. The van der Waals surface area contributed by atoms with Crippen molar-refractivity contribution in [2.75, 3.05) is 12.3 Å². The molecule has 0 saturated carbocycles. The number of hydrogen-bond donors (Lipinski definition) is 2. The molecule has 4 nitrogen and oxygen atoms in total. The molecule has 0 bridgehead atoms. The lowest BCUT2D eigenvalue weighted by atomic mass is 10.1. The number of anilines is 1. The number of nitrogen functional groups attached to an aromatic ring is 1. The van der Waals surface area contributed by atoms with Crippen molar-refractivity contribution in [3.8, 4) is 5.75 Å². The van der Waals surface area contributed by atoms with Gasteiger partial charge in [-0.05, 0) is 28.4 Å². The van der Waals surface area contributed by atoms with Gasteiger partial charge in [0.05, 0.1) is 6.61 Å². The lowest BCUT2D eigenvalue weighted by Gasteiger charge is -2.11. The summed E-state index contributed by atoms with van der Waals surface area (Å²) in [5.74, 6) is -0.664. The van der Waals surface area contributed by atoms with Crippen LogP contribution in [0.5, 0.6) is 5.75 Å². The van der Waals surface area contributed by atoms with Crippen LogP contribution >= 0.6 is 15.9 Å². The minimum atomic E-state index is -1.01. The maximum absolute atomic E-state index is 11.2. The van der Waals surface area contributed by atoms with Gasteiger partial charge < -0.3 is 15.6 Å². The third-order valence-electron chi connectivity index (χ3n) is 3.58. The summed E-state index contributed by atoms with van der Waals surface area (Å²) in [7, 11) is 0. The fraction of sp³-hybridized carbons (Fsp3) is 0.588. The predicted octanol–water partition coefficient (Wildman–Crippen LogP) is 5.25. The molecule has 0 heterocycles. The average Bonchev–Trinajstić information content (AvgIpc) is 2.48. The molecule has 0 unspecified atom stereocenters. The molecule has 124 valence electrons. The van der Waals surface area contributed by atoms with Crippen molar-refractivity contribution in [2.45, 2.75) is 58.3 Å². The summed E-state index contributed by atoms with van der Waals surface area (Å²) in [6.45, 7) is 2.74. The van der Waals surface area contributed by atoms with Crippen molar-refractivity contribution in [1.82, 2.24) is 0 Å². The minimum absolute atomic E-state index is 0.139. The number of rotatable bonds is 11. The van der Waals surface area contributed by atoms with E-state index in [1.54, 1.807) is 6.07 Å². The second kappa shape index (κ2) is 10.5. The first-order valence-corrected chi connectivity index (χ1v) is 8.80. The number of hydrogen-bond acceptors (Lipinski definition) is 3. The van der Waals surface area contributed by atoms with Crippen LogP contribution in [0.4, 0.5) is 5.69 Å². The molecular formula is C17H26BrNO3. The molecule has 1 aromatic rings. The highest BCUT2D eigenvalue weighted by Gasteiger charge is 2.14. The van der Waals surface area contributed by atoms with E-state index in [0.29, 0.717) is 22.5 Å². The number of carbonyl (C=O) groups is 1. The highest BCUT2D eigenvalue weighted by Crippen LogP contribution is 2.29. The maximum atomic E-state index is 11.2. The third-order valence-corrected chi connectivity index (χ3v) is 4.27. The zero-order valence-electron chi connectivity index (χ0n) is 13.2. The molecule has 0 aliphatic rings. The zero-order chi connectivity index (χ0) is 16.4. The Morgan fingerprint density at radius 2 is 1.73 bits per heavy atom. The maximum Gasteiger partial charge on any atom is 0.339 e. The summed E-state index contributed by atoms with van der Waals surface area (Å²) in [5, 5.41) is 9.18. The van der Waals surface area contributed by atoms with Crippen LogP contribution in [0.3, 0.4) is 0 Å². The van der Waals surface area contributed by atoms with E-state index in [-0.39, 0.29) is 5.56 Å². The van der Waals surface area contributed by atoms with Crippen LogP contribution in [0.15, 0.2) is 16.6 Å². The van der Waals surface area contributed by atoms with Gasteiger partial charge in [0, 0.05) is 16.2 Å². The Morgan fingerprint density at radius 1 is 1.14 bits per heavy atom. The molecule has 3 N–H and O–H groups in total. The summed E-state index contributed by atoms with van der Waals surface area (Å²) in [4.78, 5) is 11.2. The van der Waals surface area contributed by atoms with E-state index in [1.807, 2.05) is 0 Å². The largest absolute Gasteiger partial charge is 0.493 e. The van der Waals surface area contributed by atoms with Gasteiger partial charge in [-0.3, -0.25) is 0 Å². The van der Waals surface area contributed by atoms with E-state index in [0.717, 1.165) is 12.8 Å². The summed E-state index contributed by atoms with van der Waals surface area (Å²) in [6.07, 6.45) is 9.76. The summed E-state index contributed by atoms with van der Waals surface area (Å²) < 4.78 is 6.17. The van der Waals surface area contributed by atoms with E-state index >= 15 is 0 Å². The van der Waals surface area contributed by atoms with Gasteiger partial charge in [-0.1, -0.05) is 51.9 Å². The SMILES string of the molecule is CCCCCCCCCCOc1cc(N)c(Br)cc1C(=O)O. The Hall–Kier alpha value is -1.23. The van der Waals surface area contributed by atoms with Crippen LogP contribution < -0.4 is 10.5 Å². The molecule has 0 aliphatic carbocycles. The molecule has 1 rings (SSSR count). The molecule has 0 fully saturated rings. The number of halogens is 1. The Labute approximate surface area is 141 Å². The topological polar surface area (TPSA) is 72.5 Å². The van der Waals surface area contributed by atoms with Crippen LogP contribution in [-0.2, 0) is 0 Å². The number of benzene rings is 1. The fourth-order valence-electron chi connectivity index (χ4n) is 2.27. The smallest absolute Gasteiger partial charge is 0.339 e. The van der Waals surface area contributed by atoms with Gasteiger partial charge in [-0.25, -0.2) is 4.79 Å². The zero-order valence-corrected chi connectivity index (χ0v) is 14.8. The molecule has 0 radical (unpaired) electrons. The van der Waals surface area contributed by atoms with Crippen molar-refractivity contribution in [3.63, 3.8) is 0 Å². The number of unbranched alkanes of at least 4 members (excludes halogenated alkanes) is 7. The van der Waals surface area contributed by atoms with E-state index in [9.17, 15) is 9.90 Å². The molecule has 0 saturated heterocycles. The van der Waals surface area contributed by atoms with Gasteiger partial charge in [0.1, 0.15) is 11.3 Å². The van der Waals surface area contributed by atoms with Crippen molar-refractivity contribution in [3.05, 3.63) is 22.2 Å². The molecular weight excluding hydrogens is 346 g/mol. The lowest BCUT2D eigenvalue weighted by Crippen LogP contribution is -2.06. The highest BCUT2D eigenvalue weighted by molar-refractivity contribution is 9.10. The molecule has 5 heteroatoms. The van der Waals surface area contributed by atoms with Gasteiger partial charge in [0.25, 0.3) is 0 Å². The molecule has 0 aliphatic heterocycles. The highest BCUT2D eigenvalue weighted by atomic mass is 79.9. The molecule has 0 spiro atoms. The molecule has 0 atom stereocenters. The van der Waals surface area contributed by atoms with E-state index < -0.39 is 5.97 Å². The van der Waals surface area contributed by atoms with Gasteiger partial charge in [-0.15, -0.1) is 0 Å². The Kier molecular flexibility index (Phi) is 8.97. The standard InChI is InChI=1S/C17H26BrNO3/c1-2-3-4-5-6-7-8-9-10-22-16-12-15(19)14(18)11-13(16)17(20)21/h11-12H,2-10,19H2,1H3,(H,20,21). The van der Waals surface area contributed by atoms with Crippen LogP contribution in [-0.4, -0.2) is 17.7 Å². The van der Waals surface area contributed by atoms with E-state index in [1.165, 1.54) is 44.6 Å². The van der Waals surface area contributed by atoms with E-state index in [2.05, 4.69) is 22.9 Å². The Balaban J connectivity index is 2.30. The van der Waals surface area contributed by atoms with Gasteiger partial charge >= 0.3 is 5.97 Å². The lowest BCUT2D eigenvalue weighted by molar-refractivity contribution is 0.0692. The van der Waals surface area contributed by atoms with Crippen molar-refractivity contribution >= 4 is 27.6 Å². The van der Waals surface area contributed by atoms with Crippen LogP contribution in [0.2, 0.25) is 0 Å². The first-order chi connectivity index (χ1) is 10.6. The van der Waals surface area contributed by atoms with Crippen molar-refractivity contribution in [2.24, 2.45) is 0 Å². The summed E-state index contributed by atoms with van der Waals surface area (Å²) in [6, 6.07) is 3.05.